The molecular weight excluding hydrogens is 212 g/mol. The number of rotatable bonds is 4. The van der Waals surface area contributed by atoms with Crippen LogP contribution in [0.5, 0.6) is 0 Å². The second kappa shape index (κ2) is 4.39. The van der Waals surface area contributed by atoms with Crippen LogP contribution >= 0.6 is 0 Å². The van der Waals surface area contributed by atoms with Gasteiger partial charge in [0.15, 0.2) is 0 Å². The zero-order valence-corrected chi connectivity index (χ0v) is 10.1. The van der Waals surface area contributed by atoms with Gasteiger partial charge in [0.05, 0.1) is 5.75 Å². The zero-order chi connectivity index (χ0) is 10.9. The van der Waals surface area contributed by atoms with Crippen LogP contribution in [0, 0.1) is 11.8 Å². The summed E-state index contributed by atoms with van der Waals surface area (Å²) in [5, 5.41) is 2.89. The van der Waals surface area contributed by atoms with Crippen LogP contribution in [-0.4, -0.2) is 45.2 Å². The number of nitrogens with zero attached hydrogens (tertiary/aromatic N) is 1. The van der Waals surface area contributed by atoms with Gasteiger partial charge in [0.2, 0.25) is 10.0 Å². The van der Waals surface area contributed by atoms with E-state index in [2.05, 4.69) is 5.32 Å². The highest BCUT2D eigenvalue weighted by Gasteiger charge is 2.40. The molecule has 0 aromatic rings. The van der Waals surface area contributed by atoms with Crippen LogP contribution in [0.2, 0.25) is 0 Å². The number of sulfonamides is 1. The predicted octanol–water partition coefficient (Wildman–Crippen LogP) is 0.267. The van der Waals surface area contributed by atoms with Crippen LogP contribution in [0.1, 0.15) is 19.3 Å². The maximum absolute atomic E-state index is 11.9. The van der Waals surface area contributed by atoms with E-state index in [1.165, 1.54) is 19.3 Å². The van der Waals surface area contributed by atoms with Crippen LogP contribution in [-0.2, 0) is 10.0 Å². The summed E-state index contributed by atoms with van der Waals surface area (Å²) in [6, 6.07) is 0. The quantitative estimate of drug-likeness (QED) is 0.757. The number of nitrogens with one attached hydrogen (secondary N) is 1. The summed E-state index contributed by atoms with van der Waals surface area (Å²) in [5.41, 5.74) is 0. The molecule has 0 radical (unpaired) electrons. The van der Waals surface area contributed by atoms with Crippen molar-refractivity contribution < 1.29 is 8.42 Å². The van der Waals surface area contributed by atoms with E-state index in [-0.39, 0.29) is 5.75 Å². The molecule has 1 aliphatic heterocycles. The van der Waals surface area contributed by atoms with Crippen LogP contribution in [0.3, 0.4) is 0 Å². The lowest BCUT2D eigenvalue weighted by atomic mass is 10.0. The van der Waals surface area contributed by atoms with E-state index in [0.29, 0.717) is 18.4 Å². The molecule has 2 unspecified atom stereocenters. The van der Waals surface area contributed by atoms with E-state index in [9.17, 15) is 8.42 Å². The fourth-order valence-corrected chi connectivity index (χ4v) is 4.34. The van der Waals surface area contributed by atoms with E-state index in [4.69, 9.17) is 0 Å². The maximum atomic E-state index is 11.9. The van der Waals surface area contributed by atoms with Crippen molar-refractivity contribution in [2.45, 2.75) is 19.3 Å². The van der Waals surface area contributed by atoms with E-state index in [1.807, 2.05) is 0 Å². The van der Waals surface area contributed by atoms with Crippen LogP contribution < -0.4 is 5.32 Å². The SMILES string of the molecule is CNCCS(=O)(=O)N1CC2CCCC2C1. The van der Waals surface area contributed by atoms with E-state index < -0.39 is 10.0 Å². The van der Waals surface area contributed by atoms with Crippen molar-refractivity contribution in [2.24, 2.45) is 11.8 Å². The molecule has 2 fully saturated rings. The molecule has 5 heteroatoms. The van der Waals surface area contributed by atoms with Gasteiger partial charge in [-0.2, -0.15) is 0 Å². The van der Waals surface area contributed by atoms with Crippen LogP contribution in [0.25, 0.3) is 0 Å². The summed E-state index contributed by atoms with van der Waals surface area (Å²) in [5.74, 6) is 1.53. The molecule has 0 bridgehead atoms. The topological polar surface area (TPSA) is 49.4 Å². The molecule has 0 aromatic heterocycles. The molecule has 2 aliphatic rings. The van der Waals surface area contributed by atoms with E-state index in [1.54, 1.807) is 11.4 Å². The molecule has 2 rings (SSSR count). The van der Waals surface area contributed by atoms with Crippen LogP contribution in [0.15, 0.2) is 0 Å². The highest BCUT2D eigenvalue weighted by atomic mass is 32.2. The molecule has 1 N–H and O–H groups in total. The molecule has 1 aliphatic carbocycles. The van der Waals surface area contributed by atoms with Gasteiger partial charge in [-0.3, -0.25) is 0 Å². The predicted molar refractivity (Wildman–Crippen MR) is 60.1 cm³/mol. The van der Waals surface area contributed by atoms with Crippen molar-refractivity contribution in [1.29, 1.82) is 0 Å². The molecule has 1 saturated carbocycles. The molecule has 15 heavy (non-hydrogen) atoms. The van der Waals surface area contributed by atoms with Gasteiger partial charge in [-0.25, -0.2) is 12.7 Å². The fourth-order valence-electron chi connectivity index (χ4n) is 2.78. The third-order valence-electron chi connectivity index (χ3n) is 3.70. The Labute approximate surface area is 92.1 Å². The summed E-state index contributed by atoms with van der Waals surface area (Å²) in [7, 11) is -1.21. The monoisotopic (exact) mass is 232 g/mol. The van der Waals surface area contributed by atoms with Gasteiger partial charge in [-0.05, 0) is 31.7 Å². The molecule has 0 aromatic carbocycles. The van der Waals surface area contributed by atoms with Gasteiger partial charge in [0, 0.05) is 19.6 Å². The summed E-state index contributed by atoms with van der Waals surface area (Å²) in [6.07, 6.45) is 3.74. The van der Waals surface area contributed by atoms with Crippen molar-refractivity contribution in [3.8, 4) is 0 Å². The summed E-state index contributed by atoms with van der Waals surface area (Å²) >= 11 is 0. The minimum absolute atomic E-state index is 0.239. The Kier molecular flexibility index (Phi) is 3.33. The summed E-state index contributed by atoms with van der Waals surface area (Å²) in [4.78, 5) is 0. The normalized spacial score (nSPS) is 32.1. The van der Waals surface area contributed by atoms with Gasteiger partial charge in [-0.1, -0.05) is 6.42 Å². The van der Waals surface area contributed by atoms with Crippen LogP contribution in [0.4, 0.5) is 0 Å². The average molecular weight is 232 g/mol. The van der Waals surface area contributed by atoms with Crippen molar-refractivity contribution in [1.82, 2.24) is 9.62 Å². The van der Waals surface area contributed by atoms with E-state index >= 15 is 0 Å². The first kappa shape index (κ1) is 11.4. The van der Waals surface area contributed by atoms with Gasteiger partial charge in [0.1, 0.15) is 0 Å². The summed E-state index contributed by atoms with van der Waals surface area (Å²) < 4.78 is 25.5. The lowest BCUT2D eigenvalue weighted by Gasteiger charge is -2.16. The Bertz CT molecular complexity index is 303. The molecule has 0 amide bonds. The second-order valence-electron chi connectivity index (χ2n) is 4.69. The molecular formula is C10H20N2O2S. The molecule has 4 nitrogen and oxygen atoms in total. The van der Waals surface area contributed by atoms with Crippen molar-refractivity contribution in [2.75, 3.05) is 32.4 Å². The fraction of sp³-hybridized carbons (Fsp3) is 1.00. The minimum Gasteiger partial charge on any atom is -0.319 e. The lowest BCUT2D eigenvalue weighted by Crippen LogP contribution is -2.34. The first-order valence-electron chi connectivity index (χ1n) is 5.76. The van der Waals surface area contributed by atoms with E-state index in [0.717, 1.165) is 13.1 Å². The molecule has 0 spiro atoms. The first-order chi connectivity index (χ1) is 7.13. The highest BCUT2D eigenvalue weighted by Crippen LogP contribution is 2.38. The van der Waals surface area contributed by atoms with Gasteiger partial charge < -0.3 is 5.32 Å². The Morgan fingerprint density at radius 3 is 2.40 bits per heavy atom. The zero-order valence-electron chi connectivity index (χ0n) is 9.28. The number of hydrogen-bond donors (Lipinski definition) is 1. The smallest absolute Gasteiger partial charge is 0.215 e. The molecule has 1 saturated heterocycles. The van der Waals surface area contributed by atoms with Gasteiger partial charge >= 0.3 is 0 Å². The van der Waals surface area contributed by atoms with Gasteiger partial charge in [0.25, 0.3) is 0 Å². The largest absolute Gasteiger partial charge is 0.319 e. The Morgan fingerprint density at radius 2 is 1.87 bits per heavy atom. The molecule has 2 atom stereocenters. The third kappa shape index (κ3) is 2.34. The van der Waals surface area contributed by atoms with Crippen molar-refractivity contribution in [3.63, 3.8) is 0 Å². The highest BCUT2D eigenvalue weighted by molar-refractivity contribution is 7.89. The van der Waals surface area contributed by atoms with Crippen molar-refractivity contribution in [3.05, 3.63) is 0 Å². The van der Waals surface area contributed by atoms with Gasteiger partial charge in [-0.15, -0.1) is 0 Å². The average Bonchev–Trinajstić information content (AvgIpc) is 2.73. The minimum atomic E-state index is -2.99. The second-order valence-corrected chi connectivity index (χ2v) is 6.78. The van der Waals surface area contributed by atoms with Crippen molar-refractivity contribution >= 4 is 10.0 Å². The maximum Gasteiger partial charge on any atom is 0.215 e. The number of hydrogen-bond acceptors (Lipinski definition) is 3. The first-order valence-corrected chi connectivity index (χ1v) is 7.37. The number of fused-ring (bicyclic) bond motifs is 1. The Morgan fingerprint density at radius 1 is 1.27 bits per heavy atom. The Hall–Kier alpha value is -0.130. The third-order valence-corrected chi connectivity index (χ3v) is 5.50. The molecule has 1 heterocycles. The lowest BCUT2D eigenvalue weighted by molar-refractivity contribution is 0.445. The summed E-state index contributed by atoms with van der Waals surface area (Å²) in [6.45, 7) is 2.10. The Balaban J connectivity index is 1.95. The standard InChI is InChI=1S/C10H20N2O2S/c1-11-5-6-15(13,14)12-7-9-3-2-4-10(9)8-12/h9-11H,2-8H2,1H3. The molecule has 88 valence electrons.